The van der Waals surface area contributed by atoms with Gasteiger partial charge >= 0.3 is 0 Å². The van der Waals surface area contributed by atoms with Gasteiger partial charge in [-0.2, -0.15) is 0 Å². The lowest BCUT2D eigenvalue weighted by Gasteiger charge is -2.12. The topological polar surface area (TPSA) is 67.1 Å². The molecule has 0 amide bonds. The Kier molecular flexibility index (Phi) is 2.88. The van der Waals surface area contributed by atoms with Gasteiger partial charge in [0, 0.05) is 0 Å². The predicted molar refractivity (Wildman–Crippen MR) is 71.2 cm³/mol. The smallest absolute Gasteiger partial charge is 0.114 e. The van der Waals surface area contributed by atoms with Gasteiger partial charge in [-0.25, -0.2) is 4.98 Å². The van der Waals surface area contributed by atoms with Crippen molar-refractivity contribution in [1.29, 1.82) is 0 Å². The van der Waals surface area contributed by atoms with E-state index in [1.54, 1.807) is 0 Å². The normalized spacial score (nSPS) is 13.2. The highest BCUT2D eigenvalue weighted by atomic mass is 15.0. The molecule has 0 atom stereocenters. The quantitative estimate of drug-likeness (QED) is 0.614. The van der Waals surface area contributed by atoms with E-state index in [0.717, 1.165) is 16.9 Å². The van der Waals surface area contributed by atoms with Crippen molar-refractivity contribution < 1.29 is 0 Å². The first kappa shape index (κ1) is 11.6. The minimum atomic E-state index is -0.143. The van der Waals surface area contributed by atoms with Crippen LogP contribution in [0.3, 0.4) is 0 Å². The van der Waals surface area contributed by atoms with Crippen LogP contribution < -0.4 is 5.73 Å². The minimum absolute atomic E-state index is 0.143. The summed E-state index contributed by atoms with van der Waals surface area (Å²) >= 11 is 0. The average Bonchev–Trinajstić information content (AvgIpc) is 2.55. The summed E-state index contributed by atoms with van der Waals surface area (Å²) in [6.07, 6.45) is 0.561. The molecule has 0 unspecified atom stereocenters. The van der Waals surface area contributed by atoms with Crippen LogP contribution in [0.5, 0.6) is 0 Å². The zero-order chi connectivity index (χ0) is 12.5. The molecule has 3 N–H and O–H groups in total. The maximum absolute atomic E-state index is 5.90. The molecule has 0 radical (unpaired) electrons. The molecule has 1 heterocycles. The number of imidazole rings is 1. The lowest BCUT2D eigenvalue weighted by atomic mass is 10.1. The molecular formula is C13H18N4. The molecule has 4 heteroatoms. The fraction of sp³-hybridized carbons (Fsp3) is 0.385. The van der Waals surface area contributed by atoms with Crippen molar-refractivity contribution in [2.45, 2.75) is 32.7 Å². The predicted octanol–water partition coefficient (Wildman–Crippen LogP) is 2.26. The maximum Gasteiger partial charge on any atom is 0.114 e. The maximum atomic E-state index is 5.90. The number of rotatable bonds is 2. The van der Waals surface area contributed by atoms with E-state index in [1.807, 2.05) is 45.0 Å². The Morgan fingerprint density at radius 2 is 2.06 bits per heavy atom. The first-order chi connectivity index (χ1) is 7.94. The van der Waals surface area contributed by atoms with Crippen molar-refractivity contribution >= 4 is 16.9 Å². The molecule has 0 aliphatic carbocycles. The van der Waals surface area contributed by atoms with E-state index in [-0.39, 0.29) is 5.54 Å². The number of H-pyrrole nitrogens is 1. The molecule has 1 aromatic heterocycles. The Morgan fingerprint density at radius 1 is 1.35 bits per heavy atom. The number of nitrogens with zero attached hydrogens (tertiary/aromatic N) is 2. The van der Waals surface area contributed by atoms with Gasteiger partial charge in [0.2, 0.25) is 0 Å². The molecule has 1 aromatic carbocycles. The van der Waals surface area contributed by atoms with Gasteiger partial charge in [-0.15, -0.1) is 0 Å². The fourth-order valence-corrected chi connectivity index (χ4v) is 1.73. The molecule has 0 bridgehead atoms. The second-order valence-corrected chi connectivity index (χ2v) is 5.15. The number of amidine groups is 1. The Balaban J connectivity index is 2.22. The van der Waals surface area contributed by atoms with Crippen LogP contribution in [0.2, 0.25) is 0 Å². The highest BCUT2D eigenvalue weighted by molar-refractivity contribution is 5.83. The van der Waals surface area contributed by atoms with E-state index < -0.39 is 0 Å². The van der Waals surface area contributed by atoms with Gasteiger partial charge in [0.1, 0.15) is 11.7 Å². The molecule has 0 saturated carbocycles. The van der Waals surface area contributed by atoms with Crippen molar-refractivity contribution in [2.24, 2.45) is 10.7 Å². The van der Waals surface area contributed by atoms with Crippen LogP contribution in [0, 0.1) is 0 Å². The van der Waals surface area contributed by atoms with Crippen LogP contribution in [0.4, 0.5) is 0 Å². The molecule has 4 nitrogen and oxygen atoms in total. The highest BCUT2D eigenvalue weighted by Gasteiger charge is 2.10. The van der Waals surface area contributed by atoms with Crippen molar-refractivity contribution in [3.05, 3.63) is 30.1 Å². The fourth-order valence-electron chi connectivity index (χ4n) is 1.73. The molecule has 17 heavy (non-hydrogen) atoms. The summed E-state index contributed by atoms with van der Waals surface area (Å²) in [4.78, 5) is 12.1. The van der Waals surface area contributed by atoms with E-state index in [9.17, 15) is 0 Å². The summed E-state index contributed by atoms with van der Waals surface area (Å²) in [5.41, 5.74) is 7.76. The molecule has 2 aromatic rings. The standard InChI is InChI=1S/C13H18N4/c1-13(2,3)17-11(14)8-12-15-9-6-4-5-7-10(9)16-12/h4-7H,8H2,1-3H3,(H2,14,17)(H,15,16). The van der Waals surface area contributed by atoms with Gasteiger partial charge in [-0.1, -0.05) is 12.1 Å². The molecule has 2 rings (SSSR count). The van der Waals surface area contributed by atoms with Gasteiger partial charge < -0.3 is 10.7 Å². The number of nitrogens with two attached hydrogens (primary N) is 1. The Labute approximate surface area is 101 Å². The van der Waals surface area contributed by atoms with Crippen LogP contribution in [0.15, 0.2) is 29.3 Å². The van der Waals surface area contributed by atoms with Crippen LogP contribution in [0.25, 0.3) is 11.0 Å². The number of hydrogen-bond acceptors (Lipinski definition) is 2. The average molecular weight is 230 g/mol. The summed E-state index contributed by atoms with van der Waals surface area (Å²) in [6.45, 7) is 6.08. The van der Waals surface area contributed by atoms with Gasteiger partial charge in [0.05, 0.1) is 23.0 Å². The third-order valence-corrected chi connectivity index (χ3v) is 2.27. The molecule has 0 spiro atoms. The summed E-state index contributed by atoms with van der Waals surface area (Å²) in [5, 5.41) is 0. The number of aromatic nitrogens is 2. The van der Waals surface area contributed by atoms with E-state index in [2.05, 4.69) is 15.0 Å². The SMILES string of the molecule is CC(C)(C)N=C(N)Cc1nc2ccccc2[nH]1. The minimum Gasteiger partial charge on any atom is -0.387 e. The van der Waals surface area contributed by atoms with Crippen LogP contribution >= 0.6 is 0 Å². The molecule has 0 saturated heterocycles. The summed E-state index contributed by atoms with van der Waals surface area (Å²) < 4.78 is 0. The zero-order valence-corrected chi connectivity index (χ0v) is 10.5. The molecular weight excluding hydrogens is 212 g/mol. The van der Waals surface area contributed by atoms with Gasteiger partial charge in [0.25, 0.3) is 0 Å². The van der Waals surface area contributed by atoms with E-state index in [1.165, 1.54) is 0 Å². The first-order valence-corrected chi connectivity index (χ1v) is 5.72. The van der Waals surface area contributed by atoms with Crippen molar-refractivity contribution in [1.82, 2.24) is 9.97 Å². The second-order valence-electron chi connectivity index (χ2n) is 5.15. The van der Waals surface area contributed by atoms with E-state index in [0.29, 0.717) is 12.3 Å². The summed E-state index contributed by atoms with van der Waals surface area (Å²) in [6, 6.07) is 7.94. The highest BCUT2D eigenvalue weighted by Crippen LogP contribution is 2.11. The molecule has 0 aliphatic heterocycles. The van der Waals surface area contributed by atoms with Gasteiger partial charge in [-0.3, -0.25) is 4.99 Å². The second kappa shape index (κ2) is 4.20. The Hall–Kier alpha value is -1.84. The largest absolute Gasteiger partial charge is 0.387 e. The van der Waals surface area contributed by atoms with Gasteiger partial charge in [0.15, 0.2) is 0 Å². The summed E-state index contributed by atoms with van der Waals surface area (Å²) in [7, 11) is 0. The third kappa shape index (κ3) is 3.06. The third-order valence-electron chi connectivity index (χ3n) is 2.27. The molecule has 0 fully saturated rings. The number of nitrogens with one attached hydrogen (secondary N) is 1. The number of fused-ring (bicyclic) bond motifs is 1. The zero-order valence-electron chi connectivity index (χ0n) is 10.5. The van der Waals surface area contributed by atoms with Crippen molar-refractivity contribution in [2.75, 3.05) is 0 Å². The number of aromatic amines is 1. The lowest BCUT2D eigenvalue weighted by Crippen LogP contribution is -2.22. The number of hydrogen-bond donors (Lipinski definition) is 2. The number of benzene rings is 1. The summed E-state index contributed by atoms with van der Waals surface area (Å²) in [5.74, 6) is 1.47. The van der Waals surface area contributed by atoms with Crippen LogP contribution in [0.1, 0.15) is 26.6 Å². The number of aliphatic imine (C=N–C) groups is 1. The number of para-hydroxylation sites is 2. The Bertz CT molecular complexity index is 513. The first-order valence-electron chi connectivity index (χ1n) is 5.72. The monoisotopic (exact) mass is 230 g/mol. The van der Waals surface area contributed by atoms with E-state index >= 15 is 0 Å². The van der Waals surface area contributed by atoms with E-state index in [4.69, 9.17) is 5.73 Å². The van der Waals surface area contributed by atoms with Gasteiger partial charge in [-0.05, 0) is 32.9 Å². The van der Waals surface area contributed by atoms with Crippen LogP contribution in [-0.4, -0.2) is 21.3 Å². The lowest BCUT2D eigenvalue weighted by molar-refractivity contribution is 0.581. The molecule has 90 valence electrons. The Morgan fingerprint density at radius 3 is 2.71 bits per heavy atom. The molecule has 0 aliphatic rings. The van der Waals surface area contributed by atoms with Crippen LogP contribution in [-0.2, 0) is 6.42 Å². The van der Waals surface area contributed by atoms with Crippen molar-refractivity contribution in [3.8, 4) is 0 Å². The van der Waals surface area contributed by atoms with Crippen molar-refractivity contribution in [3.63, 3.8) is 0 Å².